The van der Waals surface area contributed by atoms with Crippen LogP contribution in [0.15, 0.2) is 35.8 Å². The van der Waals surface area contributed by atoms with Gasteiger partial charge in [-0.1, -0.05) is 11.8 Å². The molecule has 1 aromatic heterocycles. The van der Waals surface area contributed by atoms with Crippen LogP contribution < -0.4 is 5.73 Å². The summed E-state index contributed by atoms with van der Waals surface area (Å²) in [6.45, 7) is 0. The van der Waals surface area contributed by atoms with Crippen molar-refractivity contribution in [2.45, 2.75) is 12.5 Å². The maximum Gasteiger partial charge on any atom is 0.154 e. The fourth-order valence-electron chi connectivity index (χ4n) is 2.24. The smallest absolute Gasteiger partial charge is 0.154 e. The first-order chi connectivity index (χ1) is 10.1. The molecule has 0 bridgehead atoms. The predicted octanol–water partition coefficient (Wildman–Crippen LogP) is 2.91. The summed E-state index contributed by atoms with van der Waals surface area (Å²) in [6, 6.07) is 1.97. The fraction of sp³-hybridized carbons (Fsp3) is 0.214. The van der Waals surface area contributed by atoms with Crippen LogP contribution in [-0.4, -0.2) is 20.9 Å². The summed E-state index contributed by atoms with van der Waals surface area (Å²) in [7, 11) is 0. The standard InChI is InChI=1S/C14H12F2N4S/c15-11-4-12(16)10(13-1-2-21-14(17)20-13)3-9(11)8-5-18-7-19-6-8/h3-7,13H,1-2H2,(H2,17,20). The van der Waals surface area contributed by atoms with Crippen molar-refractivity contribution in [3.63, 3.8) is 0 Å². The number of hydrogen-bond acceptors (Lipinski definition) is 5. The van der Waals surface area contributed by atoms with E-state index in [0.29, 0.717) is 22.7 Å². The van der Waals surface area contributed by atoms with E-state index in [2.05, 4.69) is 15.0 Å². The maximum atomic E-state index is 14.1. The number of hydrogen-bond donors (Lipinski definition) is 1. The van der Waals surface area contributed by atoms with E-state index in [9.17, 15) is 8.78 Å². The molecule has 1 aliphatic rings. The fourth-order valence-corrected chi connectivity index (χ4v) is 2.99. The number of halogens is 2. The lowest BCUT2D eigenvalue weighted by Gasteiger charge is -2.19. The van der Waals surface area contributed by atoms with Crippen molar-refractivity contribution in [2.75, 3.05) is 5.75 Å². The summed E-state index contributed by atoms with van der Waals surface area (Å²) < 4.78 is 28.1. The zero-order valence-corrected chi connectivity index (χ0v) is 11.8. The number of nitrogens with two attached hydrogens (primary N) is 1. The lowest BCUT2D eigenvalue weighted by Crippen LogP contribution is -2.16. The van der Waals surface area contributed by atoms with Gasteiger partial charge >= 0.3 is 0 Å². The molecule has 1 atom stereocenters. The van der Waals surface area contributed by atoms with Crippen LogP contribution in [0.4, 0.5) is 8.78 Å². The molecule has 108 valence electrons. The van der Waals surface area contributed by atoms with Gasteiger partial charge in [-0.15, -0.1) is 0 Å². The number of aromatic nitrogens is 2. The van der Waals surface area contributed by atoms with Crippen LogP contribution in [0.25, 0.3) is 11.1 Å². The average molecular weight is 306 g/mol. The molecule has 2 aromatic rings. The topological polar surface area (TPSA) is 64.2 Å². The molecular formula is C14H12F2N4S. The number of benzene rings is 1. The average Bonchev–Trinajstić information content (AvgIpc) is 2.48. The van der Waals surface area contributed by atoms with E-state index < -0.39 is 11.6 Å². The Kier molecular flexibility index (Phi) is 3.83. The lowest BCUT2D eigenvalue weighted by molar-refractivity contribution is 0.553. The van der Waals surface area contributed by atoms with E-state index in [-0.39, 0.29) is 11.6 Å². The molecule has 0 radical (unpaired) electrons. The molecule has 1 unspecified atom stereocenters. The molecule has 3 rings (SSSR count). The molecule has 1 aromatic carbocycles. The summed E-state index contributed by atoms with van der Waals surface area (Å²) >= 11 is 1.44. The van der Waals surface area contributed by atoms with E-state index >= 15 is 0 Å². The SMILES string of the molecule is NC1=NC(c2cc(-c3cncnc3)c(F)cc2F)CCS1. The van der Waals surface area contributed by atoms with Gasteiger partial charge in [0.1, 0.15) is 18.0 Å². The Hall–Kier alpha value is -2.02. The molecule has 2 heterocycles. The molecular weight excluding hydrogens is 294 g/mol. The molecule has 21 heavy (non-hydrogen) atoms. The van der Waals surface area contributed by atoms with Gasteiger partial charge in [-0.3, -0.25) is 4.99 Å². The zero-order valence-electron chi connectivity index (χ0n) is 11.0. The Bertz CT molecular complexity index is 691. The third-order valence-electron chi connectivity index (χ3n) is 3.24. The molecule has 4 nitrogen and oxygen atoms in total. The van der Waals surface area contributed by atoms with Crippen molar-refractivity contribution >= 4 is 16.9 Å². The summed E-state index contributed by atoms with van der Waals surface area (Å²) in [4.78, 5) is 12.0. The minimum atomic E-state index is -0.645. The number of amidine groups is 1. The summed E-state index contributed by atoms with van der Waals surface area (Å²) in [5.74, 6) is -0.490. The monoisotopic (exact) mass is 306 g/mol. The third-order valence-corrected chi connectivity index (χ3v) is 4.08. The van der Waals surface area contributed by atoms with Crippen molar-refractivity contribution in [2.24, 2.45) is 10.7 Å². The lowest BCUT2D eigenvalue weighted by atomic mass is 9.98. The molecule has 0 saturated carbocycles. The Labute approximate surface area is 124 Å². The van der Waals surface area contributed by atoms with Crippen molar-refractivity contribution < 1.29 is 8.78 Å². The highest BCUT2D eigenvalue weighted by Gasteiger charge is 2.22. The number of thioether (sulfide) groups is 1. The normalized spacial score (nSPS) is 18.4. The highest BCUT2D eigenvalue weighted by molar-refractivity contribution is 8.13. The maximum absolute atomic E-state index is 14.1. The van der Waals surface area contributed by atoms with Crippen LogP contribution in [-0.2, 0) is 0 Å². The van der Waals surface area contributed by atoms with Crippen LogP contribution in [0, 0.1) is 11.6 Å². The Balaban J connectivity index is 2.08. The van der Waals surface area contributed by atoms with Crippen molar-refractivity contribution in [1.82, 2.24) is 9.97 Å². The number of aliphatic imine (C=N–C) groups is 1. The highest BCUT2D eigenvalue weighted by Crippen LogP contribution is 2.33. The van der Waals surface area contributed by atoms with Gasteiger partial charge in [-0.2, -0.15) is 0 Å². The Morgan fingerprint density at radius 2 is 1.90 bits per heavy atom. The number of nitrogens with zero attached hydrogens (tertiary/aromatic N) is 3. The predicted molar refractivity (Wildman–Crippen MR) is 78.8 cm³/mol. The van der Waals surface area contributed by atoms with Gasteiger partial charge in [0.05, 0.1) is 6.04 Å². The van der Waals surface area contributed by atoms with Crippen LogP contribution in [0.5, 0.6) is 0 Å². The van der Waals surface area contributed by atoms with Crippen molar-refractivity contribution in [3.8, 4) is 11.1 Å². The molecule has 0 fully saturated rings. The second-order valence-corrected chi connectivity index (χ2v) is 5.72. The van der Waals surface area contributed by atoms with Crippen LogP contribution in [0.1, 0.15) is 18.0 Å². The van der Waals surface area contributed by atoms with E-state index in [4.69, 9.17) is 5.73 Å². The first-order valence-electron chi connectivity index (χ1n) is 6.35. The molecule has 0 amide bonds. The van der Waals surface area contributed by atoms with Gasteiger partial charge in [-0.25, -0.2) is 18.7 Å². The molecule has 0 spiro atoms. The summed E-state index contributed by atoms with van der Waals surface area (Å²) in [5, 5.41) is 0.430. The van der Waals surface area contributed by atoms with Gasteiger partial charge in [0, 0.05) is 40.9 Å². The second-order valence-electron chi connectivity index (χ2n) is 4.60. The van der Waals surface area contributed by atoms with Gasteiger partial charge in [-0.05, 0) is 12.5 Å². The van der Waals surface area contributed by atoms with Crippen LogP contribution in [0.2, 0.25) is 0 Å². The molecule has 0 saturated heterocycles. The number of rotatable bonds is 2. The van der Waals surface area contributed by atoms with Crippen LogP contribution in [0.3, 0.4) is 0 Å². The molecule has 2 N–H and O–H groups in total. The van der Waals surface area contributed by atoms with Crippen LogP contribution >= 0.6 is 11.8 Å². The van der Waals surface area contributed by atoms with E-state index in [1.54, 1.807) is 0 Å². The zero-order chi connectivity index (χ0) is 14.8. The van der Waals surface area contributed by atoms with Gasteiger partial charge < -0.3 is 5.73 Å². The largest absolute Gasteiger partial charge is 0.379 e. The third kappa shape index (κ3) is 2.87. The summed E-state index contributed by atoms with van der Waals surface area (Å²) in [5.41, 5.74) is 6.80. The first kappa shape index (κ1) is 13.9. The highest BCUT2D eigenvalue weighted by atomic mass is 32.2. The second kappa shape index (κ2) is 5.77. The summed E-state index contributed by atoms with van der Waals surface area (Å²) in [6.07, 6.45) is 5.00. The molecule has 0 aliphatic carbocycles. The Morgan fingerprint density at radius 1 is 1.14 bits per heavy atom. The van der Waals surface area contributed by atoms with E-state index in [1.165, 1.54) is 36.5 Å². The van der Waals surface area contributed by atoms with Crippen molar-refractivity contribution in [3.05, 3.63) is 48.1 Å². The molecule has 1 aliphatic heterocycles. The minimum Gasteiger partial charge on any atom is -0.379 e. The van der Waals surface area contributed by atoms with Gasteiger partial charge in [0.2, 0.25) is 0 Å². The first-order valence-corrected chi connectivity index (χ1v) is 7.34. The van der Waals surface area contributed by atoms with E-state index in [1.807, 2.05) is 0 Å². The quantitative estimate of drug-likeness (QED) is 0.926. The minimum absolute atomic E-state index is 0.263. The van der Waals surface area contributed by atoms with Gasteiger partial charge in [0.15, 0.2) is 5.17 Å². The van der Waals surface area contributed by atoms with Gasteiger partial charge in [0.25, 0.3) is 0 Å². The van der Waals surface area contributed by atoms with Crippen molar-refractivity contribution in [1.29, 1.82) is 0 Å². The van der Waals surface area contributed by atoms with E-state index in [0.717, 1.165) is 11.8 Å². The Morgan fingerprint density at radius 3 is 2.62 bits per heavy atom. The molecule has 7 heteroatoms.